The Hall–Kier alpha value is -1.74. The van der Waals surface area contributed by atoms with Gasteiger partial charge in [0.05, 0.1) is 13.7 Å². The Kier molecular flexibility index (Phi) is 4.11. The van der Waals surface area contributed by atoms with Crippen LogP contribution in [0.25, 0.3) is 0 Å². The van der Waals surface area contributed by atoms with Crippen molar-refractivity contribution < 1.29 is 24.2 Å². The summed E-state index contributed by atoms with van der Waals surface area (Å²) in [4.78, 5) is 24.8. The fourth-order valence-corrected chi connectivity index (χ4v) is 1.85. The second kappa shape index (κ2) is 5.10. The maximum Gasteiger partial charge on any atom is 0.411 e. The SMILES string of the molecule is C#CC1(O)C[C@H](C(=O)OC)N(C(=O)OC(C)(C)C)C1. The van der Waals surface area contributed by atoms with Gasteiger partial charge in [0.2, 0.25) is 0 Å². The van der Waals surface area contributed by atoms with E-state index in [1.165, 1.54) is 7.11 Å². The molecule has 6 heteroatoms. The Labute approximate surface area is 112 Å². The van der Waals surface area contributed by atoms with Gasteiger partial charge in [-0.2, -0.15) is 0 Å². The highest BCUT2D eigenvalue weighted by molar-refractivity contribution is 5.82. The molecule has 1 aliphatic heterocycles. The van der Waals surface area contributed by atoms with Gasteiger partial charge in [-0.1, -0.05) is 5.92 Å². The molecule has 0 saturated carbocycles. The first kappa shape index (κ1) is 15.3. The summed E-state index contributed by atoms with van der Waals surface area (Å²) in [5, 5.41) is 10.0. The molecular formula is C13H19NO5. The van der Waals surface area contributed by atoms with E-state index in [4.69, 9.17) is 11.2 Å². The fourth-order valence-electron chi connectivity index (χ4n) is 1.85. The zero-order valence-corrected chi connectivity index (χ0v) is 11.6. The molecule has 1 saturated heterocycles. The van der Waals surface area contributed by atoms with E-state index in [1.54, 1.807) is 20.8 Å². The van der Waals surface area contributed by atoms with Crippen molar-refractivity contribution in [3.63, 3.8) is 0 Å². The van der Waals surface area contributed by atoms with Crippen molar-refractivity contribution in [1.29, 1.82) is 0 Å². The Morgan fingerprint density at radius 3 is 2.47 bits per heavy atom. The molecule has 1 N–H and O–H groups in total. The third-order valence-corrected chi connectivity index (χ3v) is 2.71. The molecule has 0 spiro atoms. The molecule has 1 heterocycles. The normalized spacial score (nSPS) is 26.7. The number of amides is 1. The van der Waals surface area contributed by atoms with Gasteiger partial charge in [-0.25, -0.2) is 9.59 Å². The van der Waals surface area contributed by atoms with E-state index in [9.17, 15) is 14.7 Å². The number of carbonyl (C=O) groups is 2. The summed E-state index contributed by atoms with van der Waals surface area (Å²) < 4.78 is 9.80. The van der Waals surface area contributed by atoms with E-state index >= 15 is 0 Å². The lowest BCUT2D eigenvalue weighted by Gasteiger charge is -2.27. The minimum Gasteiger partial charge on any atom is -0.467 e. The smallest absolute Gasteiger partial charge is 0.411 e. The number of hydrogen-bond donors (Lipinski definition) is 1. The van der Waals surface area contributed by atoms with Crippen LogP contribution in [0.2, 0.25) is 0 Å². The van der Waals surface area contributed by atoms with Gasteiger partial charge < -0.3 is 14.6 Å². The zero-order chi connectivity index (χ0) is 14.8. The number of rotatable bonds is 1. The summed E-state index contributed by atoms with van der Waals surface area (Å²) in [6, 6.07) is -0.930. The van der Waals surface area contributed by atoms with Crippen molar-refractivity contribution in [3.05, 3.63) is 0 Å². The lowest BCUT2D eigenvalue weighted by atomic mass is 10.0. The number of aliphatic hydroxyl groups is 1. The summed E-state index contributed by atoms with van der Waals surface area (Å²) in [5.74, 6) is 1.57. The van der Waals surface area contributed by atoms with Crippen LogP contribution in [-0.2, 0) is 14.3 Å². The molecule has 0 radical (unpaired) electrons. The highest BCUT2D eigenvalue weighted by Crippen LogP contribution is 2.29. The highest BCUT2D eigenvalue weighted by Gasteiger charge is 2.48. The molecule has 2 atom stereocenters. The maximum atomic E-state index is 12.0. The zero-order valence-electron chi connectivity index (χ0n) is 11.6. The molecule has 0 bridgehead atoms. The lowest BCUT2D eigenvalue weighted by molar-refractivity contribution is -0.145. The average molecular weight is 269 g/mol. The Bertz CT molecular complexity index is 420. The van der Waals surface area contributed by atoms with E-state index < -0.39 is 29.3 Å². The summed E-state index contributed by atoms with van der Waals surface area (Å²) in [5.41, 5.74) is -2.23. The maximum absolute atomic E-state index is 12.0. The summed E-state index contributed by atoms with van der Waals surface area (Å²) >= 11 is 0. The number of esters is 1. The molecule has 1 rings (SSSR count). The van der Waals surface area contributed by atoms with Gasteiger partial charge in [0.1, 0.15) is 17.2 Å². The monoisotopic (exact) mass is 269 g/mol. The third kappa shape index (κ3) is 3.61. The van der Waals surface area contributed by atoms with E-state index in [1.807, 2.05) is 0 Å². The van der Waals surface area contributed by atoms with Crippen molar-refractivity contribution in [3.8, 4) is 12.3 Å². The molecule has 0 aromatic carbocycles. The molecule has 1 fully saturated rings. The lowest BCUT2D eigenvalue weighted by Crippen LogP contribution is -2.44. The van der Waals surface area contributed by atoms with Crippen LogP contribution in [0.3, 0.4) is 0 Å². The first-order chi connectivity index (χ1) is 8.62. The van der Waals surface area contributed by atoms with Gasteiger partial charge in [-0.05, 0) is 20.8 Å². The highest BCUT2D eigenvalue weighted by atomic mass is 16.6. The summed E-state index contributed by atoms with van der Waals surface area (Å²) in [6.45, 7) is 4.97. The van der Waals surface area contributed by atoms with Crippen LogP contribution < -0.4 is 0 Å². The van der Waals surface area contributed by atoms with E-state index in [2.05, 4.69) is 10.7 Å². The molecule has 1 unspecified atom stereocenters. The number of carbonyl (C=O) groups excluding carboxylic acids is 2. The van der Waals surface area contributed by atoms with Crippen LogP contribution in [0, 0.1) is 12.3 Å². The molecule has 0 aliphatic carbocycles. The summed E-state index contributed by atoms with van der Waals surface area (Å²) in [7, 11) is 1.21. The van der Waals surface area contributed by atoms with Crippen LogP contribution in [0.5, 0.6) is 0 Å². The summed E-state index contributed by atoms with van der Waals surface area (Å²) in [6.07, 6.45) is 4.47. The number of β-amino-alcohol motifs (C(OH)–C–C–N with tert-alkyl or cyclic N) is 1. The molecule has 19 heavy (non-hydrogen) atoms. The predicted molar refractivity (Wildman–Crippen MR) is 67.1 cm³/mol. The number of terminal acetylenes is 1. The molecule has 0 aromatic heterocycles. The largest absolute Gasteiger partial charge is 0.467 e. The molecule has 106 valence electrons. The van der Waals surface area contributed by atoms with Crippen LogP contribution in [0.4, 0.5) is 4.79 Å². The minimum absolute atomic E-state index is 0.0601. The van der Waals surface area contributed by atoms with Crippen molar-refractivity contribution in [2.24, 2.45) is 0 Å². The predicted octanol–water partition coefficient (Wildman–Crippen LogP) is 0.533. The van der Waals surface area contributed by atoms with Crippen molar-refractivity contribution in [2.75, 3.05) is 13.7 Å². The van der Waals surface area contributed by atoms with E-state index in [0.29, 0.717) is 0 Å². The van der Waals surface area contributed by atoms with E-state index in [0.717, 1.165) is 4.90 Å². The molecular weight excluding hydrogens is 250 g/mol. The Balaban J connectivity index is 2.93. The molecule has 1 aliphatic rings. The number of hydrogen-bond acceptors (Lipinski definition) is 5. The molecule has 6 nitrogen and oxygen atoms in total. The number of likely N-dealkylation sites (tertiary alicyclic amines) is 1. The minimum atomic E-state index is -1.53. The Morgan fingerprint density at radius 2 is 2.05 bits per heavy atom. The van der Waals surface area contributed by atoms with Gasteiger partial charge in [-0.3, -0.25) is 4.90 Å². The number of nitrogens with zero attached hydrogens (tertiary/aromatic N) is 1. The standard InChI is InChI=1S/C13H19NO5/c1-6-13(17)7-9(10(15)18-5)14(8-13)11(16)19-12(2,3)4/h1,9,17H,7-8H2,2-5H3/t9-,13?/m1/s1. The second-order valence-electron chi connectivity index (χ2n) is 5.53. The van der Waals surface area contributed by atoms with Gasteiger partial charge in [0.15, 0.2) is 0 Å². The van der Waals surface area contributed by atoms with Gasteiger partial charge in [0.25, 0.3) is 0 Å². The quantitative estimate of drug-likeness (QED) is 0.555. The molecule has 1 amide bonds. The van der Waals surface area contributed by atoms with Crippen molar-refractivity contribution in [1.82, 2.24) is 4.90 Å². The first-order valence-electron chi connectivity index (χ1n) is 5.89. The number of ether oxygens (including phenoxy) is 2. The second-order valence-corrected chi connectivity index (χ2v) is 5.53. The van der Waals surface area contributed by atoms with Crippen molar-refractivity contribution in [2.45, 2.75) is 44.4 Å². The van der Waals surface area contributed by atoms with Crippen LogP contribution in [0.1, 0.15) is 27.2 Å². The van der Waals surface area contributed by atoms with E-state index in [-0.39, 0.29) is 13.0 Å². The van der Waals surface area contributed by atoms with Gasteiger partial charge >= 0.3 is 12.1 Å². The van der Waals surface area contributed by atoms with Gasteiger partial charge in [-0.15, -0.1) is 6.42 Å². The van der Waals surface area contributed by atoms with Gasteiger partial charge in [0, 0.05) is 6.42 Å². The fraction of sp³-hybridized carbons (Fsp3) is 0.692. The van der Waals surface area contributed by atoms with Crippen LogP contribution in [-0.4, -0.2) is 53.0 Å². The van der Waals surface area contributed by atoms with Crippen molar-refractivity contribution >= 4 is 12.1 Å². The first-order valence-corrected chi connectivity index (χ1v) is 5.89. The van der Waals surface area contributed by atoms with Crippen LogP contribution >= 0.6 is 0 Å². The molecule has 0 aromatic rings. The topological polar surface area (TPSA) is 76.1 Å². The Morgan fingerprint density at radius 1 is 1.47 bits per heavy atom. The average Bonchev–Trinajstić information content (AvgIpc) is 2.65. The van der Waals surface area contributed by atoms with Crippen LogP contribution in [0.15, 0.2) is 0 Å². The third-order valence-electron chi connectivity index (χ3n) is 2.71. The number of methoxy groups -OCH3 is 1.